The van der Waals surface area contributed by atoms with Crippen LogP contribution in [-0.4, -0.2) is 24.4 Å². The van der Waals surface area contributed by atoms with Gasteiger partial charge in [0.15, 0.2) is 0 Å². The van der Waals surface area contributed by atoms with Crippen molar-refractivity contribution < 1.29 is 9.18 Å². The van der Waals surface area contributed by atoms with Crippen LogP contribution in [0.3, 0.4) is 0 Å². The summed E-state index contributed by atoms with van der Waals surface area (Å²) in [7, 11) is 1.78. The minimum atomic E-state index is -0.398. The van der Waals surface area contributed by atoms with Gasteiger partial charge in [-0.3, -0.25) is 4.79 Å². The molecule has 1 aromatic carbocycles. The van der Waals surface area contributed by atoms with Gasteiger partial charge in [-0.1, -0.05) is 0 Å². The first-order valence-corrected chi connectivity index (χ1v) is 5.76. The third-order valence-corrected chi connectivity index (χ3v) is 3.11. The SMILES string of the molecule is CN(CC1CC1)C(=O)c1ccc(F)c(S)c1. The van der Waals surface area contributed by atoms with Crippen LogP contribution in [0.2, 0.25) is 0 Å². The molecule has 4 heteroatoms. The van der Waals surface area contributed by atoms with Crippen molar-refractivity contribution in [1.29, 1.82) is 0 Å². The molecule has 2 rings (SSSR count). The molecular weight excluding hydrogens is 225 g/mol. The standard InChI is InChI=1S/C12H14FNOS/c1-14(7-8-2-3-8)12(15)9-4-5-10(13)11(16)6-9/h4-6,8,16H,2-3,7H2,1H3. The highest BCUT2D eigenvalue weighted by Crippen LogP contribution is 2.29. The van der Waals surface area contributed by atoms with Gasteiger partial charge in [0.2, 0.25) is 0 Å². The fourth-order valence-electron chi connectivity index (χ4n) is 1.64. The summed E-state index contributed by atoms with van der Waals surface area (Å²) in [6, 6.07) is 4.26. The smallest absolute Gasteiger partial charge is 0.253 e. The van der Waals surface area contributed by atoms with Gasteiger partial charge in [-0.25, -0.2) is 4.39 Å². The monoisotopic (exact) mass is 239 g/mol. The molecule has 1 aliphatic carbocycles. The average molecular weight is 239 g/mol. The first kappa shape index (κ1) is 11.5. The van der Waals surface area contributed by atoms with E-state index in [-0.39, 0.29) is 10.8 Å². The van der Waals surface area contributed by atoms with Crippen molar-refractivity contribution in [3.8, 4) is 0 Å². The summed E-state index contributed by atoms with van der Waals surface area (Å²) >= 11 is 3.97. The fourth-order valence-corrected chi connectivity index (χ4v) is 1.85. The topological polar surface area (TPSA) is 20.3 Å². The fraction of sp³-hybridized carbons (Fsp3) is 0.417. The summed E-state index contributed by atoms with van der Waals surface area (Å²) in [5.74, 6) is 0.191. The molecule has 0 saturated heterocycles. The molecule has 0 spiro atoms. The predicted molar refractivity (Wildman–Crippen MR) is 63.3 cm³/mol. The Bertz CT molecular complexity index is 417. The van der Waals surface area contributed by atoms with Crippen LogP contribution in [-0.2, 0) is 0 Å². The van der Waals surface area contributed by atoms with Crippen molar-refractivity contribution in [3.05, 3.63) is 29.6 Å². The zero-order chi connectivity index (χ0) is 11.7. The van der Waals surface area contributed by atoms with E-state index in [9.17, 15) is 9.18 Å². The van der Waals surface area contributed by atoms with E-state index in [4.69, 9.17) is 0 Å². The lowest BCUT2D eigenvalue weighted by Gasteiger charge is -2.16. The number of hydrogen-bond donors (Lipinski definition) is 1. The highest BCUT2D eigenvalue weighted by molar-refractivity contribution is 7.80. The third-order valence-electron chi connectivity index (χ3n) is 2.77. The van der Waals surface area contributed by atoms with Gasteiger partial charge in [-0.15, -0.1) is 12.6 Å². The molecule has 0 unspecified atom stereocenters. The van der Waals surface area contributed by atoms with Crippen LogP contribution in [0.15, 0.2) is 23.1 Å². The van der Waals surface area contributed by atoms with Gasteiger partial charge in [-0.2, -0.15) is 0 Å². The molecule has 0 heterocycles. The number of amides is 1. The van der Waals surface area contributed by atoms with Gasteiger partial charge >= 0.3 is 0 Å². The summed E-state index contributed by atoms with van der Waals surface area (Å²) in [6.07, 6.45) is 2.41. The molecular formula is C12H14FNOS. The maximum Gasteiger partial charge on any atom is 0.253 e. The number of carbonyl (C=O) groups is 1. The van der Waals surface area contributed by atoms with E-state index < -0.39 is 5.82 Å². The average Bonchev–Trinajstić information content (AvgIpc) is 3.05. The highest BCUT2D eigenvalue weighted by Gasteiger charge is 2.25. The summed E-state index contributed by atoms with van der Waals surface area (Å²) in [5, 5.41) is 0. The quantitative estimate of drug-likeness (QED) is 0.804. The van der Waals surface area contributed by atoms with Crippen LogP contribution >= 0.6 is 12.6 Å². The summed E-state index contributed by atoms with van der Waals surface area (Å²) in [4.78, 5) is 13.8. The van der Waals surface area contributed by atoms with Crippen LogP contribution in [0, 0.1) is 11.7 Å². The predicted octanol–water partition coefficient (Wildman–Crippen LogP) is 2.60. The molecule has 2 nitrogen and oxygen atoms in total. The minimum absolute atomic E-state index is 0.0674. The molecule has 1 saturated carbocycles. The van der Waals surface area contributed by atoms with E-state index in [1.54, 1.807) is 11.9 Å². The van der Waals surface area contributed by atoms with Crippen molar-refractivity contribution in [2.75, 3.05) is 13.6 Å². The van der Waals surface area contributed by atoms with E-state index in [0.717, 1.165) is 6.54 Å². The second kappa shape index (κ2) is 4.45. The van der Waals surface area contributed by atoms with Crippen molar-refractivity contribution in [2.45, 2.75) is 17.7 Å². The van der Waals surface area contributed by atoms with E-state index in [2.05, 4.69) is 12.6 Å². The van der Waals surface area contributed by atoms with E-state index in [1.165, 1.54) is 31.0 Å². The van der Waals surface area contributed by atoms with Crippen molar-refractivity contribution in [1.82, 2.24) is 4.90 Å². The first-order valence-electron chi connectivity index (χ1n) is 5.32. The number of carbonyl (C=O) groups excluding carboxylic acids is 1. The third kappa shape index (κ3) is 2.55. The Labute approximate surface area is 99.9 Å². The number of thiol groups is 1. The first-order chi connectivity index (χ1) is 7.58. The second-order valence-electron chi connectivity index (χ2n) is 4.30. The Kier molecular flexibility index (Phi) is 3.19. The van der Waals surface area contributed by atoms with Crippen molar-refractivity contribution in [2.24, 2.45) is 5.92 Å². The summed E-state index contributed by atoms with van der Waals surface area (Å²) < 4.78 is 13.0. The van der Waals surface area contributed by atoms with Gasteiger partial charge < -0.3 is 4.90 Å². The van der Waals surface area contributed by atoms with Crippen molar-refractivity contribution in [3.63, 3.8) is 0 Å². The molecule has 1 aromatic rings. The van der Waals surface area contributed by atoms with Crippen LogP contribution in [0.25, 0.3) is 0 Å². The number of rotatable bonds is 3. The van der Waals surface area contributed by atoms with Gasteiger partial charge in [0, 0.05) is 24.1 Å². The van der Waals surface area contributed by atoms with E-state index >= 15 is 0 Å². The maximum absolute atomic E-state index is 13.0. The zero-order valence-electron chi connectivity index (χ0n) is 9.11. The molecule has 0 aromatic heterocycles. The minimum Gasteiger partial charge on any atom is -0.341 e. The van der Waals surface area contributed by atoms with Crippen molar-refractivity contribution >= 4 is 18.5 Å². The van der Waals surface area contributed by atoms with Crippen LogP contribution in [0.4, 0.5) is 4.39 Å². The number of hydrogen-bond acceptors (Lipinski definition) is 2. The zero-order valence-corrected chi connectivity index (χ0v) is 10.0. The largest absolute Gasteiger partial charge is 0.341 e. The molecule has 1 fully saturated rings. The summed E-state index contributed by atoms with van der Waals surface area (Å²) in [5.41, 5.74) is 0.495. The number of nitrogens with zero attached hydrogens (tertiary/aromatic N) is 1. The highest BCUT2D eigenvalue weighted by atomic mass is 32.1. The van der Waals surface area contributed by atoms with E-state index in [1.807, 2.05) is 0 Å². The van der Waals surface area contributed by atoms with Crippen LogP contribution in [0.5, 0.6) is 0 Å². The van der Waals surface area contributed by atoms with Gasteiger partial charge in [-0.05, 0) is 37.0 Å². The maximum atomic E-state index is 13.0. The number of benzene rings is 1. The molecule has 1 aliphatic rings. The molecule has 0 atom stereocenters. The summed E-state index contributed by atoms with van der Waals surface area (Å²) in [6.45, 7) is 0.790. The Morgan fingerprint density at radius 3 is 2.81 bits per heavy atom. The lowest BCUT2D eigenvalue weighted by atomic mass is 10.2. The molecule has 0 N–H and O–H groups in total. The Hall–Kier alpha value is -1.03. The molecule has 16 heavy (non-hydrogen) atoms. The Balaban J connectivity index is 2.09. The van der Waals surface area contributed by atoms with Gasteiger partial charge in [0.05, 0.1) is 0 Å². The molecule has 86 valence electrons. The van der Waals surface area contributed by atoms with E-state index in [0.29, 0.717) is 11.5 Å². The Morgan fingerprint density at radius 2 is 2.25 bits per heavy atom. The Morgan fingerprint density at radius 1 is 1.56 bits per heavy atom. The molecule has 1 amide bonds. The molecule has 0 bridgehead atoms. The lowest BCUT2D eigenvalue weighted by molar-refractivity contribution is 0.0788. The molecule has 0 aliphatic heterocycles. The number of halogens is 1. The van der Waals surface area contributed by atoms with Crippen LogP contribution < -0.4 is 0 Å². The van der Waals surface area contributed by atoms with Crippen LogP contribution in [0.1, 0.15) is 23.2 Å². The van der Waals surface area contributed by atoms with Gasteiger partial charge in [0.25, 0.3) is 5.91 Å². The second-order valence-corrected chi connectivity index (χ2v) is 4.78. The lowest BCUT2D eigenvalue weighted by Crippen LogP contribution is -2.28. The molecule has 0 radical (unpaired) electrons. The normalized spacial score (nSPS) is 14.9. The van der Waals surface area contributed by atoms with Gasteiger partial charge in [0.1, 0.15) is 5.82 Å².